The second-order valence-corrected chi connectivity index (χ2v) is 7.83. The summed E-state index contributed by atoms with van der Waals surface area (Å²) in [6.07, 6.45) is 4.13. The highest BCUT2D eigenvalue weighted by Gasteiger charge is 2.37. The molecule has 0 bridgehead atoms. The normalized spacial score (nSPS) is 15.3. The minimum Gasteiger partial charge on any atom is -0.347 e. The Labute approximate surface area is 160 Å². The van der Waals surface area contributed by atoms with E-state index in [0.29, 0.717) is 12.1 Å². The Kier molecular flexibility index (Phi) is 5.55. The molecule has 27 heavy (non-hydrogen) atoms. The summed E-state index contributed by atoms with van der Waals surface area (Å²) in [5, 5.41) is 18.2. The number of nitrogens with one attached hydrogen (secondary N) is 2. The molecule has 8 heteroatoms. The smallest absolute Gasteiger partial charge is 0.313 e. The molecule has 1 fully saturated rings. The molecule has 2 aromatic rings. The highest BCUT2D eigenvalue weighted by Crippen LogP contribution is 2.42. The number of hydrogen-bond acceptors (Lipinski definition) is 5. The summed E-state index contributed by atoms with van der Waals surface area (Å²) in [6.45, 7) is 2.10. The quantitative estimate of drug-likeness (QED) is 0.465. The third-order valence-electron chi connectivity index (χ3n) is 5.00. The van der Waals surface area contributed by atoms with E-state index in [9.17, 15) is 19.7 Å². The number of carbonyl (C=O) groups is 2. The zero-order valence-electron chi connectivity index (χ0n) is 15.0. The number of thiophene rings is 1. The third-order valence-corrected chi connectivity index (χ3v) is 6.11. The van der Waals surface area contributed by atoms with Crippen molar-refractivity contribution in [3.63, 3.8) is 0 Å². The van der Waals surface area contributed by atoms with Crippen LogP contribution in [0.4, 0.5) is 11.4 Å². The van der Waals surface area contributed by atoms with E-state index in [4.69, 9.17) is 0 Å². The molecular weight excluding hydrogens is 366 g/mol. The Morgan fingerprint density at radius 2 is 1.96 bits per heavy atom. The largest absolute Gasteiger partial charge is 0.347 e. The summed E-state index contributed by atoms with van der Waals surface area (Å²) in [5.41, 5.74) is 0.352. The number of benzene rings is 1. The minimum absolute atomic E-state index is 0.0135. The summed E-state index contributed by atoms with van der Waals surface area (Å²) in [6, 6.07) is 8.49. The average Bonchev–Trinajstić information content (AvgIpc) is 3.33. The van der Waals surface area contributed by atoms with Gasteiger partial charge in [0.25, 0.3) is 5.69 Å². The highest BCUT2D eigenvalue weighted by molar-refractivity contribution is 7.10. The van der Waals surface area contributed by atoms with Crippen LogP contribution in [-0.2, 0) is 15.0 Å². The predicted octanol–water partition coefficient (Wildman–Crippen LogP) is 3.53. The number of nitrogens with zero attached hydrogens (tertiary/aromatic N) is 1. The predicted molar refractivity (Wildman–Crippen MR) is 104 cm³/mol. The topological polar surface area (TPSA) is 101 Å². The Morgan fingerprint density at radius 3 is 2.59 bits per heavy atom. The van der Waals surface area contributed by atoms with Crippen LogP contribution in [0.1, 0.15) is 36.1 Å². The van der Waals surface area contributed by atoms with Crippen LogP contribution in [0.2, 0.25) is 0 Å². The van der Waals surface area contributed by atoms with Crippen molar-refractivity contribution in [3.8, 4) is 0 Å². The molecule has 0 spiro atoms. The molecule has 0 unspecified atom stereocenters. The van der Waals surface area contributed by atoms with Crippen molar-refractivity contribution in [1.82, 2.24) is 5.32 Å². The first-order valence-corrected chi connectivity index (χ1v) is 9.67. The first-order chi connectivity index (χ1) is 12.9. The molecule has 0 saturated heterocycles. The fraction of sp³-hybridized carbons (Fsp3) is 0.368. The number of carbonyl (C=O) groups excluding carboxylic acids is 2. The molecule has 0 radical (unpaired) electrons. The molecular formula is C19H21N3O4S. The molecule has 142 valence electrons. The van der Waals surface area contributed by atoms with Crippen molar-refractivity contribution in [2.75, 3.05) is 11.9 Å². The number of rotatable bonds is 5. The molecule has 1 aliphatic rings. The van der Waals surface area contributed by atoms with Gasteiger partial charge in [-0.2, -0.15) is 0 Å². The molecule has 1 saturated carbocycles. The van der Waals surface area contributed by atoms with E-state index in [2.05, 4.69) is 16.7 Å². The third kappa shape index (κ3) is 4.16. The Balaban J connectivity index is 1.66. The van der Waals surface area contributed by atoms with Gasteiger partial charge in [-0.3, -0.25) is 19.7 Å². The van der Waals surface area contributed by atoms with E-state index in [1.54, 1.807) is 24.3 Å². The van der Waals surface area contributed by atoms with E-state index >= 15 is 0 Å². The number of anilines is 1. The van der Waals surface area contributed by atoms with Crippen LogP contribution in [0, 0.1) is 17.0 Å². The molecule has 2 N–H and O–H groups in total. The number of nitro groups is 1. The van der Waals surface area contributed by atoms with Gasteiger partial charge in [-0.1, -0.05) is 25.0 Å². The van der Waals surface area contributed by atoms with Crippen LogP contribution in [-0.4, -0.2) is 23.3 Å². The van der Waals surface area contributed by atoms with Crippen LogP contribution in [0.5, 0.6) is 0 Å². The van der Waals surface area contributed by atoms with Gasteiger partial charge >= 0.3 is 11.8 Å². The summed E-state index contributed by atoms with van der Waals surface area (Å²) >= 11 is 1.66. The Morgan fingerprint density at radius 1 is 1.22 bits per heavy atom. The number of nitro benzene ring substituents is 1. The van der Waals surface area contributed by atoms with Crippen molar-refractivity contribution >= 4 is 34.5 Å². The lowest BCUT2D eigenvalue weighted by Crippen LogP contribution is -2.43. The summed E-state index contributed by atoms with van der Waals surface area (Å²) < 4.78 is 0. The van der Waals surface area contributed by atoms with Gasteiger partial charge in [0, 0.05) is 22.9 Å². The maximum Gasteiger partial charge on any atom is 0.313 e. The molecule has 0 aliphatic heterocycles. The Hall–Kier alpha value is -2.74. The Bertz CT molecular complexity index is 858. The standard InChI is InChI=1S/C19H21N3O4S/c1-13-6-7-14(15(11-13)22(25)26)21-18(24)17(23)20-12-19(8-2-3-9-19)16-5-4-10-27-16/h4-7,10-11H,2-3,8-9,12H2,1H3,(H,20,23)(H,21,24). The van der Waals surface area contributed by atoms with Gasteiger partial charge in [-0.05, 0) is 42.8 Å². The van der Waals surface area contributed by atoms with E-state index in [-0.39, 0.29) is 16.8 Å². The average molecular weight is 387 g/mol. The monoisotopic (exact) mass is 387 g/mol. The fourth-order valence-electron chi connectivity index (χ4n) is 3.55. The van der Waals surface area contributed by atoms with Crippen molar-refractivity contribution in [3.05, 3.63) is 56.3 Å². The van der Waals surface area contributed by atoms with Gasteiger partial charge in [0.1, 0.15) is 5.69 Å². The van der Waals surface area contributed by atoms with E-state index in [1.807, 2.05) is 11.4 Å². The minimum atomic E-state index is -0.902. The van der Waals surface area contributed by atoms with Gasteiger partial charge in [-0.15, -0.1) is 11.3 Å². The molecule has 3 rings (SSSR count). The lowest BCUT2D eigenvalue weighted by Gasteiger charge is -2.28. The maximum atomic E-state index is 12.3. The number of amides is 2. The number of aryl methyl sites for hydroxylation is 1. The van der Waals surface area contributed by atoms with Crippen LogP contribution in [0.25, 0.3) is 0 Å². The molecule has 1 heterocycles. The maximum absolute atomic E-state index is 12.3. The first kappa shape index (κ1) is 19.0. The van der Waals surface area contributed by atoms with Crippen molar-refractivity contribution in [2.24, 2.45) is 0 Å². The van der Waals surface area contributed by atoms with E-state index in [1.165, 1.54) is 17.0 Å². The van der Waals surface area contributed by atoms with Crippen LogP contribution >= 0.6 is 11.3 Å². The molecule has 0 atom stereocenters. The zero-order valence-corrected chi connectivity index (χ0v) is 15.8. The molecule has 1 aromatic heterocycles. The van der Waals surface area contributed by atoms with Crippen LogP contribution < -0.4 is 10.6 Å². The summed E-state index contributed by atoms with van der Waals surface area (Å²) in [7, 11) is 0. The molecule has 1 aromatic carbocycles. The summed E-state index contributed by atoms with van der Waals surface area (Å²) in [4.78, 5) is 36.3. The van der Waals surface area contributed by atoms with Gasteiger partial charge in [0.05, 0.1) is 4.92 Å². The summed E-state index contributed by atoms with van der Waals surface area (Å²) in [5.74, 6) is -1.69. The second-order valence-electron chi connectivity index (χ2n) is 6.88. The fourth-order valence-corrected chi connectivity index (χ4v) is 4.54. The van der Waals surface area contributed by atoms with E-state index in [0.717, 1.165) is 25.7 Å². The first-order valence-electron chi connectivity index (χ1n) is 8.79. The van der Waals surface area contributed by atoms with Gasteiger partial charge in [-0.25, -0.2) is 0 Å². The SMILES string of the molecule is Cc1ccc(NC(=O)C(=O)NCC2(c3cccs3)CCCC2)c([N+](=O)[O-])c1. The van der Waals surface area contributed by atoms with Gasteiger partial charge in [0.15, 0.2) is 0 Å². The molecule has 7 nitrogen and oxygen atoms in total. The zero-order chi connectivity index (χ0) is 19.4. The van der Waals surface area contributed by atoms with Crippen molar-refractivity contribution in [2.45, 2.75) is 38.0 Å². The lowest BCUT2D eigenvalue weighted by molar-refractivity contribution is -0.384. The number of hydrogen-bond donors (Lipinski definition) is 2. The van der Waals surface area contributed by atoms with E-state index < -0.39 is 16.7 Å². The molecule has 1 aliphatic carbocycles. The van der Waals surface area contributed by atoms with Gasteiger partial charge in [0.2, 0.25) is 0 Å². The van der Waals surface area contributed by atoms with Gasteiger partial charge < -0.3 is 10.6 Å². The van der Waals surface area contributed by atoms with Crippen molar-refractivity contribution in [1.29, 1.82) is 0 Å². The lowest BCUT2D eigenvalue weighted by atomic mass is 9.84. The van der Waals surface area contributed by atoms with Crippen LogP contribution in [0.15, 0.2) is 35.7 Å². The second kappa shape index (κ2) is 7.87. The highest BCUT2D eigenvalue weighted by atomic mass is 32.1. The van der Waals surface area contributed by atoms with Crippen LogP contribution in [0.3, 0.4) is 0 Å². The molecule has 2 amide bonds. The van der Waals surface area contributed by atoms with Crippen molar-refractivity contribution < 1.29 is 14.5 Å².